The number of hydrogen-bond donors (Lipinski definition) is 0. The zero-order valence-electron chi connectivity index (χ0n) is 7.09. The van der Waals surface area contributed by atoms with Gasteiger partial charge in [0.25, 0.3) is 0 Å². The molecule has 0 atom stereocenters. The minimum atomic E-state index is 0.456. The molecule has 2 heteroatoms. The summed E-state index contributed by atoms with van der Waals surface area (Å²) in [5.41, 5.74) is 0. The van der Waals surface area contributed by atoms with Gasteiger partial charge in [0.2, 0.25) is 0 Å². The van der Waals surface area contributed by atoms with Gasteiger partial charge in [-0.05, 0) is 0 Å². The van der Waals surface area contributed by atoms with E-state index in [0.29, 0.717) is 5.92 Å². The third-order valence-electron chi connectivity index (χ3n) is 1.02. The summed E-state index contributed by atoms with van der Waals surface area (Å²) in [5, 5.41) is 0. The Morgan fingerprint density at radius 3 is 2.20 bits per heavy atom. The number of hydrogen-bond acceptors (Lipinski definition) is 2. The van der Waals surface area contributed by atoms with Gasteiger partial charge in [0.1, 0.15) is 5.76 Å². The molecule has 10 heavy (non-hydrogen) atoms. The van der Waals surface area contributed by atoms with E-state index < -0.39 is 0 Å². The van der Waals surface area contributed by atoms with Gasteiger partial charge >= 0.3 is 0 Å². The predicted octanol–water partition coefficient (Wildman–Crippen LogP) is 2.82. The van der Waals surface area contributed by atoms with Gasteiger partial charge in [0.15, 0.2) is 6.39 Å². The Balaban J connectivity index is 0.000000371. The van der Waals surface area contributed by atoms with E-state index in [0.717, 1.165) is 5.76 Å². The summed E-state index contributed by atoms with van der Waals surface area (Å²) in [5.74, 6) is 1.41. The number of oxazole rings is 1. The first kappa shape index (κ1) is 9.21. The number of rotatable bonds is 1. The van der Waals surface area contributed by atoms with Crippen LogP contribution in [0, 0.1) is 0 Å². The molecular formula is C8H15NO. The summed E-state index contributed by atoms with van der Waals surface area (Å²) in [7, 11) is 0. The Bertz CT molecular complexity index is 144. The molecule has 0 aromatic carbocycles. The SMILES string of the molecule is CC.CC(C)c1cnco1. The minimum absolute atomic E-state index is 0.456. The maximum absolute atomic E-state index is 4.98. The largest absolute Gasteiger partial charge is 0.448 e. The Labute approximate surface area is 62.3 Å². The van der Waals surface area contributed by atoms with Gasteiger partial charge in [0, 0.05) is 5.92 Å². The van der Waals surface area contributed by atoms with Gasteiger partial charge in [-0.2, -0.15) is 0 Å². The first-order valence-corrected chi connectivity index (χ1v) is 3.69. The van der Waals surface area contributed by atoms with E-state index in [9.17, 15) is 0 Å². The zero-order chi connectivity index (χ0) is 7.98. The Morgan fingerprint density at radius 2 is 2.00 bits per heavy atom. The van der Waals surface area contributed by atoms with Crippen LogP contribution in [-0.4, -0.2) is 4.98 Å². The lowest BCUT2D eigenvalue weighted by atomic mass is 10.2. The van der Waals surface area contributed by atoms with Crippen LogP contribution in [0.25, 0.3) is 0 Å². The van der Waals surface area contributed by atoms with Crippen LogP contribution >= 0.6 is 0 Å². The van der Waals surface area contributed by atoms with E-state index in [1.165, 1.54) is 6.39 Å². The molecule has 0 N–H and O–H groups in total. The quantitative estimate of drug-likeness (QED) is 0.601. The van der Waals surface area contributed by atoms with Crippen molar-refractivity contribution in [1.29, 1.82) is 0 Å². The van der Waals surface area contributed by atoms with E-state index in [2.05, 4.69) is 18.8 Å². The average molecular weight is 141 g/mol. The maximum Gasteiger partial charge on any atom is 0.180 e. The van der Waals surface area contributed by atoms with Crippen LogP contribution in [0.3, 0.4) is 0 Å². The first-order chi connectivity index (χ1) is 4.80. The molecule has 1 heterocycles. The molecule has 1 aromatic heterocycles. The molecule has 0 amide bonds. The topological polar surface area (TPSA) is 26.0 Å². The van der Waals surface area contributed by atoms with Gasteiger partial charge in [-0.25, -0.2) is 4.98 Å². The van der Waals surface area contributed by atoms with Crippen molar-refractivity contribution in [3.8, 4) is 0 Å². The smallest absolute Gasteiger partial charge is 0.180 e. The minimum Gasteiger partial charge on any atom is -0.448 e. The lowest BCUT2D eigenvalue weighted by Gasteiger charge is -1.93. The molecule has 1 rings (SSSR count). The summed E-state index contributed by atoms with van der Waals surface area (Å²) in [6.07, 6.45) is 3.19. The molecule has 0 fully saturated rings. The molecule has 2 nitrogen and oxygen atoms in total. The standard InChI is InChI=1S/C6H9NO.C2H6/c1-5(2)6-3-7-4-8-6;1-2/h3-5H,1-2H3;1-2H3. The van der Waals surface area contributed by atoms with Crippen molar-refractivity contribution >= 4 is 0 Å². The van der Waals surface area contributed by atoms with Gasteiger partial charge in [-0.3, -0.25) is 0 Å². The third kappa shape index (κ3) is 2.67. The summed E-state index contributed by atoms with van der Waals surface area (Å²) in [6.45, 7) is 8.14. The highest BCUT2D eigenvalue weighted by Gasteiger charge is 1.99. The molecule has 0 radical (unpaired) electrons. The van der Waals surface area contributed by atoms with Crippen molar-refractivity contribution in [2.75, 3.05) is 0 Å². The molecule has 0 spiro atoms. The first-order valence-electron chi connectivity index (χ1n) is 3.69. The molecule has 0 saturated carbocycles. The summed E-state index contributed by atoms with van der Waals surface area (Å²) >= 11 is 0. The van der Waals surface area contributed by atoms with Crippen LogP contribution in [0.2, 0.25) is 0 Å². The molecule has 0 unspecified atom stereocenters. The van der Waals surface area contributed by atoms with Crippen LogP contribution in [-0.2, 0) is 0 Å². The van der Waals surface area contributed by atoms with E-state index in [4.69, 9.17) is 4.42 Å². The molecule has 0 bridgehead atoms. The fraction of sp³-hybridized carbons (Fsp3) is 0.625. The Kier molecular flexibility index (Phi) is 4.63. The second-order valence-electron chi connectivity index (χ2n) is 2.06. The second-order valence-corrected chi connectivity index (χ2v) is 2.06. The predicted molar refractivity (Wildman–Crippen MR) is 41.9 cm³/mol. The third-order valence-corrected chi connectivity index (χ3v) is 1.02. The molecule has 0 aliphatic carbocycles. The highest BCUT2D eigenvalue weighted by molar-refractivity contribution is 4.93. The van der Waals surface area contributed by atoms with E-state index in [-0.39, 0.29) is 0 Å². The van der Waals surface area contributed by atoms with Gasteiger partial charge < -0.3 is 4.42 Å². The summed E-state index contributed by atoms with van der Waals surface area (Å²) < 4.78 is 4.98. The van der Waals surface area contributed by atoms with Crippen LogP contribution < -0.4 is 0 Å². The normalized spacial score (nSPS) is 8.90. The van der Waals surface area contributed by atoms with Crippen LogP contribution in [0.15, 0.2) is 17.0 Å². The molecule has 1 aromatic rings. The summed E-state index contributed by atoms with van der Waals surface area (Å²) in [6, 6.07) is 0. The fourth-order valence-electron chi connectivity index (χ4n) is 0.511. The van der Waals surface area contributed by atoms with Crippen LogP contribution in [0.4, 0.5) is 0 Å². The second kappa shape index (κ2) is 5.03. The molecule has 58 valence electrons. The van der Waals surface area contributed by atoms with Crippen molar-refractivity contribution in [2.24, 2.45) is 0 Å². The van der Waals surface area contributed by atoms with Crippen molar-refractivity contribution < 1.29 is 4.42 Å². The van der Waals surface area contributed by atoms with E-state index in [1.54, 1.807) is 6.20 Å². The summed E-state index contributed by atoms with van der Waals surface area (Å²) in [4.78, 5) is 3.78. The van der Waals surface area contributed by atoms with E-state index >= 15 is 0 Å². The molecular weight excluding hydrogens is 126 g/mol. The lowest BCUT2D eigenvalue weighted by Crippen LogP contribution is -1.79. The average Bonchev–Trinajstić information content (AvgIpc) is 2.42. The Morgan fingerprint density at radius 1 is 1.40 bits per heavy atom. The van der Waals surface area contributed by atoms with E-state index in [1.807, 2.05) is 13.8 Å². The Hall–Kier alpha value is -0.790. The monoisotopic (exact) mass is 141 g/mol. The van der Waals surface area contributed by atoms with Gasteiger partial charge in [-0.1, -0.05) is 27.7 Å². The zero-order valence-corrected chi connectivity index (χ0v) is 7.09. The van der Waals surface area contributed by atoms with Crippen molar-refractivity contribution in [2.45, 2.75) is 33.6 Å². The highest BCUT2D eigenvalue weighted by atomic mass is 16.3. The van der Waals surface area contributed by atoms with Gasteiger partial charge in [0.05, 0.1) is 6.20 Å². The van der Waals surface area contributed by atoms with Crippen LogP contribution in [0.1, 0.15) is 39.4 Å². The van der Waals surface area contributed by atoms with Crippen molar-refractivity contribution in [3.63, 3.8) is 0 Å². The van der Waals surface area contributed by atoms with Crippen LogP contribution in [0.5, 0.6) is 0 Å². The lowest BCUT2D eigenvalue weighted by molar-refractivity contribution is 0.482. The molecule has 0 aliphatic heterocycles. The number of nitrogens with zero attached hydrogens (tertiary/aromatic N) is 1. The fourth-order valence-corrected chi connectivity index (χ4v) is 0.511. The van der Waals surface area contributed by atoms with Gasteiger partial charge in [-0.15, -0.1) is 0 Å². The number of aromatic nitrogens is 1. The maximum atomic E-state index is 4.98. The molecule has 0 aliphatic rings. The molecule has 0 saturated heterocycles. The van der Waals surface area contributed by atoms with Crippen molar-refractivity contribution in [3.05, 3.63) is 18.4 Å². The highest BCUT2D eigenvalue weighted by Crippen LogP contribution is 2.10. The van der Waals surface area contributed by atoms with Crippen molar-refractivity contribution in [1.82, 2.24) is 4.98 Å².